The molecular formula is C19H25N4O+. The molecule has 2 aromatic rings. The number of rotatable bonds is 3. The van der Waals surface area contributed by atoms with E-state index < -0.39 is 0 Å². The predicted molar refractivity (Wildman–Crippen MR) is 94.4 cm³/mol. The van der Waals surface area contributed by atoms with Crippen LogP contribution in [0.25, 0.3) is 16.6 Å². The fourth-order valence-electron chi connectivity index (χ4n) is 3.90. The average Bonchev–Trinajstić information content (AvgIpc) is 2.97. The van der Waals surface area contributed by atoms with E-state index in [-0.39, 0.29) is 17.4 Å². The normalized spacial score (nSPS) is 26.7. The summed E-state index contributed by atoms with van der Waals surface area (Å²) in [6.45, 7) is 8.55. The molecule has 1 aliphatic rings. The second-order valence-electron chi connectivity index (χ2n) is 7.21. The molecule has 3 N–H and O–H groups in total. The second kappa shape index (κ2) is 6.66. The molecule has 0 bridgehead atoms. The Morgan fingerprint density at radius 1 is 1.33 bits per heavy atom. The summed E-state index contributed by atoms with van der Waals surface area (Å²) in [5.74, 6) is 1.85. The van der Waals surface area contributed by atoms with Crippen LogP contribution in [0.4, 0.5) is 0 Å². The lowest BCUT2D eigenvalue weighted by atomic mass is 9.90. The van der Waals surface area contributed by atoms with Gasteiger partial charge in [0.05, 0.1) is 24.1 Å². The molecule has 5 heteroatoms. The van der Waals surface area contributed by atoms with E-state index in [4.69, 9.17) is 0 Å². The second-order valence-corrected chi connectivity index (χ2v) is 7.21. The van der Waals surface area contributed by atoms with Crippen molar-refractivity contribution in [3.63, 3.8) is 0 Å². The van der Waals surface area contributed by atoms with Crippen LogP contribution < -0.4 is 4.90 Å². The number of nitrogens with one attached hydrogen (secondary N) is 2. The zero-order valence-corrected chi connectivity index (χ0v) is 14.5. The number of fused-ring (bicyclic) bond motifs is 1. The molecule has 1 aliphatic heterocycles. The summed E-state index contributed by atoms with van der Waals surface area (Å²) in [5, 5.41) is 20.3. The van der Waals surface area contributed by atoms with Crippen molar-refractivity contribution in [3.05, 3.63) is 35.8 Å². The number of aliphatic hydroxyl groups is 1. The molecule has 3 rings (SSSR count). The summed E-state index contributed by atoms with van der Waals surface area (Å²) in [5.41, 5.74) is 1.92. The molecule has 2 heterocycles. The van der Waals surface area contributed by atoms with Gasteiger partial charge >= 0.3 is 0 Å². The number of para-hydroxylation sites is 2. The third kappa shape index (κ3) is 3.15. The number of quaternary nitrogens is 1. The minimum absolute atomic E-state index is 0.113. The van der Waals surface area contributed by atoms with Crippen LogP contribution in [0.15, 0.2) is 30.0 Å². The Bertz CT molecular complexity index is 758. The lowest BCUT2D eigenvalue weighted by molar-refractivity contribution is -0.931. The van der Waals surface area contributed by atoms with E-state index in [1.807, 2.05) is 31.2 Å². The lowest BCUT2D eigenvalue weighted by Crippen LogP contribution is -3.17. The third-order valence-corrected chi connectivity index (χ3v) is 5.04. The molecule has 3 atom stereocenters. The highest BCUT2D eigenvalue weighted by atomic mass is 16.3. The van der Waals surface area contributed by atoms with E-state index in [0.29, 0.717) is 17.7 Å². The van der Waals surface area contributed by atoms with Gasteiger partial charge in [-0.05, 0) is 25.5 Å². The van der Waals surface area contributed by atoms with E-state index in [9.17, 15) is 10.4 Å². The Balaban J connectivity index is 1.93. The smallest absolute Gasteiger partial charge is 0.172 e. The van der Waals surface area contributed by atoms with Gasteiger partial charge < -0.3 is 15.0 Å². The first-order valence-electron chi connectivity index (χ1n) is 8.62. The zero-order valence-electron chi connectivity index (χ0n) is 14.5. The Morgan fingerprint density at radius 3 is 2.62 bits per heavy atom. The number of hydrogen-bond acceptors (Lipinski definition) is 3. The first kappa shape index (κ1) is 16.5. The number of aliphatic hydroxyl groups excluding tert-OH is 1. The molecule has 0 unspecified atom stereocenters. The third-order valence-electron chi connectivity index (χ3n) is 5.04. The summed E-state index contributed by atoms with van der Waals surface area (Å²) in [6.07, 6.45) is 1.23. The predicted octanol–water partition coefficient (Wildman–Crippen LogP) is 2.30. The molecule has 0 saturated carbocycles. The molecule has 5 nitrogen and oxygen atoms in total. The molecule has 1 fully saturated rings. The van der Waals surface area contributed by atoms with Crippen LogP contribution in [-0.4, -0.2) is 34.2 Å². The van der Waals surface area contributed by atoms with E-state index in [1.165, 1.54) is 11.3 Å². The topological polar surface area (TPSA) is 77.1 Å². The van der Waals surface area contributed by atoms with Gasteiger partial charge in [0.1, 0.15) is 17.7 Å². The lowest BCUT2D eigenvalue weighted by Gasteiger charge is -2.35. The number of allylic oxidation sites excluding steroid dienone is 1. The summed E-state index contributed by atoms with van der Waals surface area (Å²) < 4.78 is 0. The van der Waals surface area contributed by atoms with Gasteiger partial charge in [-0.1, -0.05) is 26.0 Å². The van der Waals surface area contributed by atoms with Gasteiger partial charge in [-0.25, -0.2) is 4.98 Å². The minimum Gasteiger partial charge on any atom is -0.505 e. The van der Waals surface area contributed by atoms with E-state index in [2.05, 4.69) is 29.9 Å². The van der Waals surface area contributed by atoms with Crippen molar-refractivity contribution >= 4 is 16.6 Å². The number of nitrogens with zero attached hydrogens (tertiary/aromatic N) is 2. The maximum atomic E-state index is 10.8. The van der Waals surface area contributed by atoms with Crippen LogP contribution in [0.3, 0.4) is 0 Å². The monoisotopic (exact) mass is 325 g/mol. The van der Waals surface area contributed by atoms with Crippen molar-refractivity contribution in [2.45, 2.75) is 33.2 Å². The van der Waals surface area contributed by atoms with Gasteiger partial charge in [0.15, 0.2) is 11.6 Å². The number of imidazole rings is 1. The molecule has 1 aromatic heterocycles. The van der Waals surface area contributed by atoms with Crippen LogP contribution in [-0.2, 0) is 0 Å². The first-order chi connectivity index (χ1) is 11.5. The van der Waals surface area contributed by atoms with Gasteiger partial charge in [0.2, 0.25) is 0 Å². The van der Waals surface area contributed by atoms with Crippen LogP contribution in [0, 0.1) is 23.2 Å². The first-order valence-corrected chi connectivity index (χ1v) is 8.62. The number of aromatic amines is 1. The Morgan fingerprint density at radius 2 is 2.00 bits per heavy atom. The van der Waals surface area contributed by atoms with Crippen molar-refractivity contribution in [3.8, 4) is 6.07 Å². The molecular weight excluding hydrogens is 300 g/mol. The maximum Gasteiger partial charge on any atom is 0.172 e. The van der Waals surface area contributed by atoms with E-state index in [0.717, 1.165) is 24.1 Å². The number of hydrogen-bond donors (Lipinski definition) is 3. The summed E-state index contributed by atoms with van der Waals surface area (Å²) in [4.78, 5) is 8.94. The largest absolute Gasteiger partial charge is 0.505 e. The fraction of sp³-hybridized carbons (Fsp3) is 0.474. The van der Waals surface area contributed by atoms with Gasteiger partial charge in [0.25, 0.3) is 0 Å². The summed E-state index contributed by atoms with van der Waals surface area (Å²) in [7, 11) is 0. The highest BCUT2D eigenvalue weighted by Gasteiger charge is 2.32. The Kier molecular flexibility index (Phi) is 4.59. The number of nitriles is 1. The Hall–Kier alpha value is -2.32. The number of aromatic nitrogens is 2. The molecule has 24 heavy (non-hydrogen) atoms. The quantitative estimate of drug-likeness (QED) is 0.598. The van der Waals surface area contributed by atoms with Gasteiger partial charge in [-0.15, -0.1) is 0 Å². The SMILES string of the molecule is C[C@@H]1C[C@@H](C)C[NH+]([C@@H](C)/C(O)=C(\C#N)c2nc3ccccc3[nH]2)C1. The Labute approximate surface area is 142 Å². The molecule has 1 saturated heterocycles. The number of benzene rings is 1. The molecule has 0 aliphatic carbocycles. The van der Waals surface area contributed by atoms with Crippen LogP contribution in [0.1, 0.15) is 33.0 Å². The van der Waals surface area contributed by atoms with Gasteiger partial charge in [0, 0.05) is 11.8 Å². The molecule has 1 aromatic carbocycles. The van der Waals surface area contributed by atoms with Crippen molar-refractivity contribution in [1.29, 1.82) is 5.26 Å². The molecule has 126 valence electrons. The summed E-state index contributed by atoms with van der Waals surface area (Å²) in [6, 6.07) is 9.67. The van der Waals surface area contributed by atoms with E-state index >= 15 is 0 Å². The fourth-order valence-corrected chi connectivity index (χ4v) is 3.90. The van der Waals surface area contributed by atoms with Crippen molar-refractivity contribution in [2.24, 2.45) is 11.8 Å². The molecule has 0 radical (unpaired) electrons. The number of likely N-dealkylation sites (tertiary alicyclic amines) is 1. The van der Waals surface area contributed by atoms with Crippen LogP contribution >= 0.6 is 0 Å². The van der Waals surface area contributed by atoms with Crippen molar-refractivity contribution in [2.75, 3.05) is 13.1 Å². The van der Waals surface area contributed by atoms with Crippen LogP contribution in [0.5, 0.6) is 0 Å². The zero-order chi connectivity index (χ0) is 17.3. The summed E-state index contributed by atoms with van der Waals surface area (Å²) >= 11 is 0. The van der Waals surface area contributed by atoms with E-state index in [1.54, 1.807) is 0 Å². The van der Waals surface area contributed by atoms with Crippen molar-refractivity contribution in [1.82, 2.24) is 9.97 Å². The van der Waals surface area contributed by atoms with Crippen molar-refractivity contribution < 1.29 is 10.0 Å². The van der Waals surface area contributed by atoms with Gasteiger partial charge in [-0.3, -0.25) is 0 Å². The number of H-pyrrole nitrogens is 1. The van der Waals surface area contributed by atoms with Gasteiger partial charge in [-0.2, -0.15) is 5.26 Å². The highest BCUT2D eigenvalue weighted by molar-refractivity contribution is 5.82. The average molecular weight is 325 g/mol. The van der Waals surface area contributed by atoms with Crippen LogP contribution in [0.2, 0.25) is 0 Å². The highest BCUT2D eigenvalue weighted by Crippen LogP contribution is 2.20. The number of piperidine rings is 1. The molecule has 0 amide bonds. The molecule has 0 spiro atoms. The minimum atomic E-state index is -0.113. The standard InChI is InChI=1S/C19H24N4O/c1-12-8-13(2)11-23(10-12)14(3)18(24)15(9-20)19-21-16-6-4-5-7-17(16)22-19/h4-7,12-14,24H,8,10-11H2,1-3H3,(H,21,22)/p+1/b18-15-/t12-,13-,14+/m1/s1. The maximum absolute atomic E-state index is 10.8.